The van der Waals surface area contributed by atoms with Crippen molar-refractivity contribution < 1.29 is 14.3 Å². The fourth-order valence-corrected chi connectivity index (χ4v) is 3.28. The van der Waals surface area contributed by atoms with Crippen LogP contribution in [0.5, 0.6) is 5.88 Å². The van der Waals surface area contributed by atoms with E-state index in [1.54, 1.807) is 6.07 Å². The Morgan fingerprint density at radius 1 is 1.21 bits per heavy atom. The number of aromatic nitrogens is 1. The third-order valence-electron chi connectivity index (χ3n) is 5.20. The average Bonchev–Trinajstić information content (AvgIpc) is 3.46. The highest BCUT2D eigenvalue weighted by Crippen LogP contribution is 2.29. The molecular formula is C20H31N5O4. The summed E-state index contributed by atoms with van der Waals surface area (Å²) in [6, 6.07) is 3.23. The number of pyridine rings is 1. The molecule has 0 radical (unpaired) electrons. The van der Waals surface area contributed by atoms with Gasteiger partial charge >= 0.3 is 6.03 Å². The van der Waals surface area contributed by atoms with Gasteiger partial charge in [0.25, 0.3) is 5.56 Å². The molecule has 3 amide bonds. The van der Waals surface area contributed by atoms with E-state index in [-0.39, 0.29) is 30.1 Å². The number of rotatable bonds is 13. The molecule has 2 fully saturated rings. The van der Waals surface area contributed by atoms with Crippen molar-refractivity contribution in [3.8, 4) is 5.88 Å². The van der Waals surface area contributed by atoms with Crippen molar-refractivity contribution in [3.05, 3.63) is 28.0 Å². The molecule has 1 saturated carbocycles. The summed E-state index contributed by atoms with van der Waals surface area (Å²) >= 11 is 0. The molecule has 0 aromatic carbocycles. The molecule has 0 spiro atoms. The van der Waals surface area contributed by atoms with Crippen LogP contribution in [-0.2, 0) is 4.79 Å². The van der Waals surface area contributed by atoms with E-state index in [0.717, 1.165) is 37.8 Å². The van der Waals surface area contributed by atoms with Gasteiger partial charge in [0.05, 0.1) is 6.61 Å². The molecule has 9 nitrogen and oxygen atoms in total. The van der Waals surface area contributed by atoms with E-state index in [1.165, 1.54) is 17.7 Å². The highest BCUT2D eigenvalue weighted by atomic mass is 16.5. The van der Waals surface area contributed by atoms with Crippen LogP contribution in [0, 0.1) is 5.92 Å². The number of unbranched alkanes of at least 4 members (excludes halogenated alkanes) is 2. The predicted molar refractivity (Wildman–Crippen MR) is 108 cm³/mol. The largest absolute Gasteiger partial charge is 0.479 e. The summed E-state index contributed by atoms with van der Waals surface area (Å²) in [6.45, 7) is 4.26. The van der Waals surface area contributed by atoms with E-state index >= 15 is 0 Å². The van der Waals surface area contributed by atoms with Gasteiger partial charge in [0, 0.05) is 31.3 Å². The quantitative estimate of drug-likeness (QED) is 0.224. The van der Waals surface area contributed by atoms with E-state index in [9.17, 15) is 14.4 Å². The van der Waals surface area contributed by atoms with Gasteiger partial charge in [-0.3, -0.25) is 30.7 Å². The topological polar surface area (TPSA) is 116 Å². The van der Waals surface area contributed by atoms with E-state index in [4.69, 9.17) is 4.74 Å². The molecule has 1 atom stereocenters. The fraction of sp³-hybridized carbons (Fsp3) is 0.650. The summed E-state index contributed by atoms with van der Waals surface area (Å²) in [7, 11) is 0. The van der Waals surface area contributed by atoms with Crippen molar-refractivity contribution in [2.45, 2.75) is 51.5 Å². The van der Waals surface area contributed by atoms with Crippen molar-refractivity contribution in [2.24, 2.45) is 5.92 Å². The minimum Gasteiger partial charge on any atom is -0.479 e. The highest BCUT2D eigenvalue weighted by Gasteiger charge is 2.25. The molecule has 1 unspecified atom stereocenters. The van der Waals surface area contributed by atoms with Crippen LogP contribution in [0.25, 0.3) is 0 Å². The number of hydrogen-bond acceptors (Lipinski definition) is 6. The first-order valence-electron chi connectivity index (χ1n) is 10.5. The molecule has 3 rings (SSSR count). The summed E-state index contributed by atoms with van der Waals surface area (Å²) in [4.78, 5) is 38.8. The zero-order valence-electron chi connectivity index (χ0n) is 17.0. The minimum atomic E-state index is -0.293. The number of hydrogen-bond donors (Lipinski definition) is 4. The lowest BCUT2D eigenvalue weighted by Crippen LogP contribution is -2.36. The van der Waals surface area contributed by atoms with Gasteiger partial charge < -0.3 is 9.64 Å². The molecule has 2 heterocycles. The zero-order chi connectivity index (χ0) is 20.6. The molecule has 160 valence electrons. The van der Waals surface area contributed by atoms with Gasteiger partial charge in [-0.2, -0.15) is 0 Å². The maximum Gasteiger partial charge on any atom is 0.324 e. The van der Waals surface area contributed by atoms with Gasteiger partial charge in [0.15, 0.2) is 5.88 Å². The number of carbonyl (C=O) groups excluding carboxylic acids is 2. The molecule has 0 bridgehead atoms. The normalized spacial score (nSPS) is 17.5. The van der Waals surface area contributed by atoms with Gasteiger partial charge in [-0.1, -0.05) is 13.3 Å². The van der Waals surface area contributed by atoms with Crippen LogP contribution in [0.3, 0.4) is 0 Å². The molecule has 2 aliphatic rings. The summed E-state index contributed by atoms with van der Waals surface area (Å²) in [5.74, 6) is 0.931. The molecule has 1 aliphatic heterocycles. The molecule has 1 aliphatic carbocycles. The van der Waals surface area contributed by atoms with Gasteiger partial charge in [0.2, 0.25) is 5.91 Å². The Bertz CT molecular complexity index is 761. The SMILES string of the molecule is CCC(NNCCCCCN1CC(=O)NC1=O)c1cc(OCC2CC2)[nH]c(=O)c1. The summed E-state index contributed by atoms with van der Waals surface area (Å²) in [6.07, 6.45) is 5.99. The molecule has 1 aromatic rings. The number of H-pyrrole nitrogens is 1. The average molecular weight is 405 g/mol. The van der Waals surface area contributed by atoms with Crippen LogP contribution in [0.1, 0.15) is 57.1 Å². The smallest absolute Gasteiger partial charge is 0.324 e. The van der Waals surface area contributed by atoms with Crippen LogP contribution in [0.2, 0.25) is 0 Å². The summed E-state index contributed by atoms with van der Waals surface area (Å²) in [5.41, 5.74) is 7.26. The monoisotopic (exact) mass is 405 g/mol. The fourth-order valence-electron chi connectivity index (χ4n) is 3.28. The molecule has 29 heavy (non-hydrogen) atoms. The third kappa shape index (κ3) is 6.86. The van der Waals surface area contributed by atoms with Crippen molar-refractivity contribution >= 4 is 11.9 Å². The Labute approximate surface area is 170 Å². The number of nitrogens with zero attached hydrogens (tertiary/aromatic N) is 1. The molecule has 9 heteroatoms. The van der Waals surface area contributed by atoms with E-state index in [0.29, 0.717) is 24.9 Å². The number of amides is 3. The number of aromatic amines is 1. The first-order chi connectivity index (χ1) is 14.0. The third-order valence-corrected chi connectivity index (χ3v) is 5.20. The van der Waals surface area contributed by atoms with Gasteiger partial charge in [0.1, 0.15) is 6.54 Å². The molecule has 1 aromatic heterocycles. The summed E-state index contributed by atoms with van der Waals surface area (Å²) in [5, 5.41) is 2.28. The Morgan fingerprint density at radius 3 is 2.72 bits per heavy atom. The number of urea groups is 1. The number of hydrazine groups is 1. The minimum absolute atomic E-state index is 0.0138. The number of carbonyl (C=O) groups is 2. The molecular weight excluding hydrogens is 374 g/mol. The maximum absolute atomic E-state index is 12.0. The summed E-state index contributed by atoms with van der Waals surface area (Å²) < 4.78 is 5.72. The van der Waals surface area contributed by atoms with Gasteiger partial charge in [-0.05, 0) is 43.6 Å². The van der Waals surface area contributed by atoms with Crippen LogP contribution >= 0.6 is 0 Å². The van der Waals surface area contributed by atoms with Gasteiger partial charge in [-0.15, -0.1) is 0 Å². The van der Waals surface area contributed by atoms with Crippen molar-refractivity contribution in [1.82, 2.24) is 26.1 Å². The molecule has 4 N–H and O–H groups in total. The lowest BCUT2D eigenvalue weighted by molar-refractivity contribution is -0.118. The standard InChI is InChI=1S/C20H31N5O4/c1-2-16(15-10-17(26)22-19(11-15)29-13-14-6-7-14)24-21-8-4-3-5-9-25-12-18(27)23-20(25)28/h10-11,14,16,21,24H,2-9,12-13H2,1H3,(H,22,26)(H,23,27,28). The van der Waals surface area contributed by atoms with Crippen LogP contribution < -0.4 is 26.5 Å². The zero-order valence-corrected chi connectivity index (χ0v) is 17.0. The molecule has 1 saturated heterocycles. The lowest BCUT2D eigenvalue weighted by atomic mass is 10.1. The number of imide groups is 1. The Balaban J connectivity index is 1.35. The Hall–Kier alpha value is -2.39. The predicted octanol–water partition coefficient (Wildman–Crippen LogP) is 1.43. The van der Waals surface area contributed by atoms with Crippen molar-refractivity contribution in [3.63, 3.8) is 0 Å². The van der Waals surface area contributed by atoms with Crippen LogP contribution in [0.4, 0.5) is 4.79 Å². The Kier molecular flexibility index (Phi) is 7.65. The maximum atomic E-state index is 12.0. The van der Waals surface area contributed by atoms with Crippen LogP contribution in [0.15, 0.2) is 16.9 Å². The van der Waals surface area contributed by atoms with E-state index in [1.807, 2.05) is 6.07 Å². The lowest BCUT2D eigenvalue weighted by Gasteiger charge is -2.19. The highest BCUT2D eigenvalue weighted by molar-refractivity contribution is 6.01. The first kappa shape index (κ1) is 21.3. The first-order valence-corrected chi connectivity index (χ1v) is 10.5. The number of nitrogens with one attached hydrogen (secondary N) is 4. The number of ether oxygens (including phenoxy) is 1. The van der Waals surface area contributed by atoms with Gasteiger partial charge in [-0.25, -0.2) is 4.79 Å². The van der Waals surface area contributed by atoms with Crippen molar-refractivity contribution in [2.75, 3.05) is 26.2 Å². The van der Waals surface area contributed by atoms with Crippen molar-refractivity contribution in [1.29, 1.82) is 0 Å². The second-order valence-corrected chi connectivity index (χ2v) is 7.76. The Morgan fingerprint density at radius 2 is 2.03 bits per heavy atom. The second kappa shape index (κ2) is 10.4. The van der Waals surface area contributed by atoms with Crippen LogP contribution in [-0.4, -0.2) is 48.1 Å². The van der Waals surface area contributed by atoms with E-state index < -0.39 is 0 Å². The van der Waals surface area contributed by atoms with E-state index in [2.05, 4.69) is 28.1 Å². The second-order valence-electron chi connectivity index (χ2n) is 7.76.